The zero-order valence-corrected chi connectivity index (χ0v) is 39.6. The molecule has 14 rings (SSSR count). The van der Waals surface area contributed by atoms with E-state index in [4.69, 9.17) is 0 Å². The van der Waals surface area contributed by atoms with E-state index in [1.165, 1.54) is 115 Å². The van der Waals surface area contributed by atoms with E-state index in [-0.39, 0.29) is 0 Å². The molecule has 332 valence electrons. The van der Waals surface area contributed by atoms with E-state index in [2.05, 4.69) is 259 Å². The molecule has 2 aliphatic carbocycles. The third-order valence-corrected chi connectivity index (χ3v) is 17.0. The van der Waals surface area contributed by atoms with Crippen molar-refractivity contribution in [3.63, 3.8) is 0 Å². The molecule has 0 amide bonds. The fraction of sp³-hybridized carbons (Fsp3) is 0.0882. The van der Waals surface area contributed by atoms with Crippen molar-refractivity contribution < 1.29 is 0 Å². The summed E-state index contributed by atoms with van der Waals surface area (Å²) >= 11 is 2.09. The molecule has 1 aromatic heterocycles. The van der Waals surface area contributed by atoms with Crippen molar-refractivity contribution in [1.29, 1.82) is 0 Å². The minimum absolute atomic E-state index is 0.291. The van der Waals surface area contributed by atoms with Gasteiger partial charge in [-0.3, -0.25) is 0 Å². The molecule has 11 aromatic rings. The van der Waals surface area contributed by atoms with Gasteiger partial charge in [0, 0.05) is 38.4 Å². The molecule has 0 saturated heterocycles. The Balaban J connectivity index is 0.894. The molecule has 0 fully saturated rings. The molecule has 0 radical (unpaired) electrons. The third kappa shape index (κ3) is 6.77. The molecule has 0 spiro atoms. The normalized spacial score (nSPS) is 17.5. The Morgan fingerprint density at radius 1 is 0.457 bits per heavy atom. The van der Waals surface area contributed by atoms with E-state index < -0.39 is 0 Å². The molecule has 3 aliphatic rings. The van der Waals surface area contributed by atoms with Gasteiger partial charge in [-0.15, -0.1) is 11.8 Å². The highest BCUT2D eigenvalue weighted by Crippen LogP contribution is 2.60. The second-order valence-electron chi connectivity index (χ2n) is 19.3. The molecule has 3 atom stereocenters. The highest BCUT2D eigenvalue weighted by Gasteiger charge is 2.42. The Hall–Kier alpha value is -7.91. The predicted molar refractivity (Wildman–Crippen MR) is 299 cm³/mol. The number of fused-ring (bicyclic) bond motifs is 8. The Morgan fingerprint density at radius 3 is 1.74 bits per heavy atom. The first-order valence-electron chi connectivity index (χ1n) is 24.9. The molecule has 3 unspecified atom stereocenters. The summed E-state index contributed by atoms with van der Waals surface area (Å²) in [5.41, 5.74) is 19.7. The van der Waals surface area contributed by atoms with Crippen LogP contribution in [0, 0.1) is 0 Å². The number of benzene rings is 10. The molecular weight excluding hydrogens is 863 g/mol. The average Bonchev–Trinajstić information content (AvgIpc) is 3.98. The minimum atomic E-state index is 0.291. The maximum atomic E-state index is 2.62. The molecule has 10 aromatic carbocycles. The van der Waals surface area contributed by atoms with Gasteiger partial charge < -0.3 is 4.57 Å². The van der Waals surface area contributed by atoms with Crippen LogP contribution >= 0.6 is 11.8 Å². The minimum Gasteiger partial charge on any atom is -0.309 e. The average molecular weight is 912 g/mol. The van der Waals surface area contributed by atoms with Crippen LogP contribution in [-0.4, -0.2) is 9.82 Å². The number of thioether (sulfide) groups is 1. The van der Waals surface area contributed by atoms with Gasteiger partial charge in [-0.1, -0.05) is 200 Å². The predicted octanol–water partition coefficient (Wildman–Crippen LogP) is 18.7. The quantitative estimate of drug-likeness (QED) is 0.144. The van der Waals surface area contributed by atoms with Crippen molar-refractivity contribution in [2.24, 2.45) is 0 Å². The number of nitrogens with zero attached hydrogens (tertiary/aromatic N) is 1. The number of aromatic nitrogens is 1. The first kappa shape index (κ1) is 41.1. The summed E-state index contributed by atoms with van der Waals surface area (Å²) in [5.74, 6) is 0.658. The van der Waals surface area contributed by atoms with Crippen molar-refractivity contribution in [2.75, 3.05) is 0 Å². The van der Waals surface area contributed by atoms with Gasteiger partial charge in [0.1, 0.15) is 0 Å². The molecule has 1 nitrogen and oxygen atoms in total. The van der Waals surface area contributed by atoms with Crippen LogP contribution in [0.3, 0.4) is 0 Å². The lowest BCUT2D eigenvalue weighted by molar-refractivity contribution is 0.588. The number of hydrogen-bond acceptors (Lipinski definition) is 1. The fourth-order valence-corrected chi connectivity index (χ4v) is 13.9. The van der Waals surface area contributed by atoms with Gasteiger partial charge in [0.2, 0.25) is 0 Å². The molecule has 0 saturated carbocycles. The summed E-state index contributed by atoms with van der Waals surface area (Å²) in [7, 11) is 0. The lowest BCUT2D eigenvalue weighted by Crippen LogP contribution is -2.21. The molecule has 2 heteroatoms. The molecule has 0 N–H and O–H groups in total. The van der Waals surface area contributed by atoms with E-state index in [9.17, 15) is 0 Å². The van der Waals surface area contributed by atoms with Crippen LogP contribution in [0.1, 0.15) is 53.4 Å². The highest BCUT2D eigenvalue weighted by atomic mass is 32.2. The third-order valence-electron chi connectivity index (χ3n) is 15.4. The zero-order valence-electron chi connectivity index (χ0n) is 38.8. The largest absolute Gasteiger partial charge is 0.309 e. The van der Waals surface area contributed by atoms with Gasteiger partial charge in [-0.05, 0) is 150 Å². The number of allylic oxidation sites excluding steroid dienone is 5. The Labute approximate surface area is 413 Å². The van der Waals surface area contributed by atoms with Crippen molar-refractivity contribution in [1.82, 2.24) is 4.57 Å². The molecule has 2 heterocycles. The standard InChI is InChI=1S/C68H49NS/c1-5-19-44(20-6-1)50-40-58(46-23-9-3-10-24-46)67-61(42-50)62-43-51(45-21-7-2-8-22-45)41-59(68(62)70-67)49-35-38-64-60(39-49)53-27-17-18-32-63(53)69(64)52-36-33-48(34-37-52)66-56-30-15-13-28-54(56)65(47-25-11-4-12-26-47)55-29-14-16-31-57(55)66/h1-11,13-25,27-42,51,62,68H,12,26,43H2. The van der Waals surface area contributed by atoms with Crippen LogP contribution in [0.5, 0.6) is 0 Å². The topological polar surface area (TPSA) is 4.93 Å². The lowest BCUT2D eigenvalue weighted by atomic mass is 9.74. The second-order valence-corrected chi connectivity index (χ2v) is 20.5. The van der Waals surface area contributed by atoms with Gasteiger partial charge in [-0.25, -0.2) is 0 Å². The fourth-order valence-electron chi connectivity index (χ4n) is 12.2. The van der Waals surface area contributed by atoms with Gasteiger partial charge in [-0.2, -0.15) is 0 Å². The van der Waals surface area contributed by atoms with Crippen molar-refractivity contribution in [3.05, 3.63) is 265 Å². The summed E-state index contributed by atoms with van der Waals surface area (Å²) in [5, 5.41) is 8.10. The van der Waals surface area contributed by atoms with Gasteiger partial charge in [0.05, 0.1) is 11.0 Å². The monoisotopic (exact) mass is 911 g/mol. The van der Waals surface area contributed by atoms with E-state index in [1.807, 2.05) is 0 Å². The second kappa shape index (κ2) is 16.9. The molecule has 70 heavy (non-hydrogen) atoms. The number of hydrogen-bond donors (Lipinski definition) is 0. The summed E-state index contributed by atoms with van der Waals surface area (Å²) < 4.78 is 2.48. The van der Waals surface area contributed by atoms with E-state index >= 15 is 0 Å². The zero-order chi connectivity index (χ0) is 46.1. The van der Waals surface area contributed by atoms with Crippen LogP contribution in [0.15, 0.2) is 248 Å². The number of rotatable bonds is 7. The maximum absolute atomic E-state index is 2.62. The van der Waals surface area contributed by atoms with Crippen LogP contribution < -0.4 is 0 Å². The van der Waals surface area contributed by atoms with E-state index in [0.717, 1.165) is 24.9 Å². The van der Waals surface area contributed by atoms with Crippen LogP contribution in [0.2, 0.25) is 0 Å². The first-order valence-corrected chi connectivity index (χ1v) is 25.8. The summed E-state index contributed by atoms with van der Waals surface area (Å²) in [4.78, 5) is 1.43. The first-order chi connectivity index (χ1) is 34.7. The lowest BCUT2D eigenvalue weighted by Gasteiger charge is -2.32. The Bertz CT molecular complexity index is 3870. The van der Waals surface area contributed by atoms with Crippen LogP contribution in [0.25, 0.3) is 93.6 Å². The molecule has 0 bridgehead atoms. The Morgan fingerprint density at radius 2 is 1.06 bits per heavy atom. The highest BCUT2D eigenvalue weighted by molar-refractivity contribution is 8.00. The van der Waals surface area contributed by atoms with E-state index in [0.29, 0.717) is 17.1 Å². The van der Waals surface area contributed by atoms with Gasteiger partial charge in [0.25, 0.3) is 0 Å². The van der Waals surface area contributed by atoms with Crippen LogP contribution in [0.4, 0.5) is 0 Å². The summed E-state index contributed by atoms with van der Waals surface area (Å²) in [6, 6.07) is 81.9. The van der Waals surface area contributed by atoms with Crippen LogP contribution in [-0.2, 0) is 0 Å². The molecule has 1 aliphatic heterocycles. The van der Waals surface area contributed by atoms with Gasteiger partial charge >= 0.3 is 0 Å². The molecular formula is C68H49NS. The summed E-state index contributed by atoms with van der Waals surface area (Å²) in [6.45, 7) is 0. The van der Waals surface area contributed by atoms with Crippen molar-refractivity contribution >= 4 is 66.3 Å². The van der Waals surface area contributed by atoms with Gasteiger partial charge in [0.15, 0.2) is 0 Å². The Kier molecular flexibility index (Phi) is 9.95. The number of para-hydroxylation sites is 1. The van der Waals surface area contributed by atoms with Crippen molar-refractivity contribution in [3.8, 4) is 39.1 Å². The van der Waals surface area contributed by atoms with E-state index in [1.54, 1.807) is 0 Å². The van der Waals surface area contributed by atoms with Crippen molar-refractivity contribution in [2.45, 2.75) is 41.2 Å². The summed E-state index contributed by atoms with van der Waals surface area (Å²) in [6.07, 6.45) is 12.7. The SMILES string of the molecule is C1=CCCC(c2c3ccccc3c(-c3ccc(-n4c5ccccc5c5cc(C6=CC(c7ccccc7)CC7c8cc(-c9ccccc9)cc(-c9ccccc9)c8SC67)ccc54)cc3)c3ccccc23)=C1. The smallest absolute Gasteiger partial charge is 0.0541 e. The maximum Gasteiger partial charge on any atom is 0.0541 e.